The highest BCUT2D eigenvalue weighted by Gasteiger charge is 2.12. The lowest BCUT2D eigenvalue weighted by atomic mass is 10.1. The van der Waals surface area contributed by atoms with E-state index in [0.29, 0.717) is 0 Å². The first-order valence-electron chi connectivity index (χ1n) is 5.98. The number of benzene rings is 1. The highest BCUT2D eigenvalue weighted by molar-refractivity contribution is 5.63. The van der Waals surface area contributed by atoms with Gasteiger partial charge in [-0.15, -0.1) is 0 Å². The van der Waals surface area contributed by atoms with E-state index in [4.69, 9.17) is 0 Å². The maximum absolute atomic E-state index is 13.0. The molecule has 86 valence electrons. The summed E-state index contributed by atoms with van der Waals surface area (Å²) in [7, 11) is 0. The Hall–Kier alpha value is -1.15. The molecule has 0 atom stereocenters. The van der Waals surface area contributed by atoms with E-state index in [2.05, 4.69) is 18.3 Å². The lowest BCUT2D eigenvalue weighted by molar-refractivity contribution is 0.625. The van der Waals surface area contributed by atoms with Gasteiger partial charge in [-0.25, -0.2) is 4.39 Å². The van der Waals surface area contributed by atoms with Crippen LogP contribution in [0.25, 0.3) is 6.08 Å². The molecule has 0 aromatic heterocycles. The van der Waals surface area contributed by atoms with Crippen molar-refractivity contribution in [1.82, 2.24) is 5.32 Å². The minimum absolute atomic E-state index is 0.124. The van der Waals surface area contributed by atoms with Gasteiger partial charge in [0.15, 0.2) is 0 Å². The lowest BCUT2D eigenvalue weighted by Gasteiger charge is -2.02. The fraction of sp³-hybridized carbons (Fsp3) is 0.429. The maximum Gasteiger partial charge on any atom is 0.123 e. The Labute approximate surface area is 96.4 Å². The Balaban J connectivity index is 1.88. The van der Waals surface area contributed by atoms with E-state index in [1.165, 1.54) is 17.2 Å². The average molecular weight is 219 g/mol. The third-order valence-corrected chi connectivity index (χ3v) is 2.98. The molecular weight excluding hydrogens is 201 g/mol. The van der Waals surface area contributed by atoms with Crippen LogP contribution in [0.2, 0.25) is 0 Å². The van der Waals surface area contributed by atoms with Gasteiger partial charge in [0.25, 0.3) is 0 Å². The number of halogens is 1. The van der Waals surface area contributed by atoms with Gasteiger partial charge in [0.2, 0.25) is 0 Å². The number of hydrogen-bond acceptors (Lipinski definition) is 1. The molecule has 1 aromatic rings. The van der Waals surface area contributed by atoms with E-state index in [-0.39, 0.29) is 5.82 Å². The predicted molar refractivity (Wildman–Crippen MR) is 65.9 cm³/mol. The van der Waals surface area contributed by atoms with E-state index in [1.807, 2.05) is 6.07 Å². The van der Waals surface area contributed by atoms with Gasteiger partial charge in [-0.2, -0.15) is 0 Å². The largest absolute Gasteiger partial charge is 0.317 e. The summed E-state index contributed by atoms with van der Waals surface area (Å²) < 4.78 is 13.0. The molecule has 2 rings (SSSR count). The second-order valence-electron chi connectivity index (χ2n) is 4.28. The molecule has 0 saturated carbocycles. The quantitative estimate of drug-likeness (QED) is 0.750. The van der Waals surface area contributed by atoms with Crippen LogP contribution in [-0.4, -0.2) is 13.1 Å². The van der Waals surface area contributed by atoms with Crippen molar-refractivity contribution in [3.63, 3.8) is 0 Å². The molecule has 1 nitrogen and oxygen atoms in total. The van der Waals surface area contributed by atoms with Crippen molar-refractivity contribution in [2.24, 2.45) is 0 Å². The molecule has 0 aliphatic heterocycles. The zero-order valence-corrected chi connectivity index (χ0v) is 9.72. The van der Waals surface area contributed by atoms with Gasteiger partial charge in [-0.05, 0) is 55.6 Å². The summed E-state index contributed by atoms with van der Waals surface area (Å²) in [6, 6.07) is 5.07. The third kappa shape index (κ3) is 2.70. The van der Waals surface area contributed by atoms with Crippen LogP contribution in [-0.2, 0) is 6.42 Å². The number of allylic oxidation sites excluding steroid dienone is 1. The maximum atomic E-state index is 13.0. The Morgan fingerprint density at radius 2 is 2.25 bits per heavy atom. The van der Waals surface area contributed by atoms with Crippen LogP contribution in [0.1, 0.15) is 30.9 Å². The SMILES string of the molecule is CCNCCCC1=Cc2ccc(F)cc2C1. The molecule has 1 aliphatic rings. The second kappa shape index (κ2) is 5.26. The molecule has 0 radical (unpaired) electrons. The molecule has 0 amide bonds. The minimum Gasteiger partial charge on any atom is -0.317 e. The fourth-order valence-electron chi connectivity index (χ4n) is 2.16. The molecule has 1 N–H and O–H groups in total. The molecule has 0 heterocycles. The monoisotopic (exact) mass is 219 g/mol. The standard InChI is InChI=1S/C14H18FN/c1-2-16-7-3-4-11-8-12-5-6-14(15)10-13(12)9-11/h5-6,8,10,16H,2-4,7,9H2,1H3. The summed E-state index contributed by atoms with van der Waals surface area (Å²) in [4.78, 5) is 0. The Morgan fingerprint density at radius 3 is 3.06 bits per heavy atom. The predicted octanol–water partition coefficient (Wildman–Crippen LogP) is 3.15. The van der Waals surface area contributed by atoms with E-state index in [0.717, 1.165) is 37.9 Å². The summed E-state index contributed by atoms with van der Waals surface area (Å²) in [5.74, 6) is -0.124. The van der Waals surface area contributed by atoms with Crippen molar-refractivity contribution in [3.8, 4) is 0 Å². The van der Waals surface area contributed by atoms with Crippen LogP contribution >= 0.6 is 0 Å². The van der Waals surface area contributed by atoms with Gasteiger partial charge in [0.1, 0.15) is 5.82 Å². The Morgan fingerprint density at radius 1 is 1.38 bits per heavy atom. The first-order chi connectivity index (χ1) is 7.79. The molecule has 0 spiro atoms. The van der Waals surface area contributed by atoms with Crippen molar-refractivity contribution < 1.29 is 4.39 Å². The second-order valence-corrected chi connectivity index (χ2v) is 4.28. The molecule has 16 heavy (non-hydrogen) atoms. The smallest absolute Gasteiger partial charge is 0.123 e. The van der Waals surface area contributed by atoms with Gasteiger partial charge >= 0.3 is 0 Å². The van der Waals surface area contributed by atoms with Crippen molar-refractivity contribution in [1.29, 1.82) is 0 Å². The number of rotatable bonds is 5. The van der Waals surface area contributed by atoms with Crippen LogP contribution in [0.4, 0.5) is 4.39 Å². The normalized spacial score (nSPS) is 13.8. The van der Waals surface area contributed by atoms with Crippen LogP contribution in [0.15, 0.2) is 23.8 Å². The van der Waals surface area contributed by atoms with Crippen molar-refractivity contribution in [3.05, 3.63) is 40.7 Å². The zero-order chi connectivity index (χ0) is 11.4. The van der Waals surface area contributed by atoms with Crippen molar-refractivity contribution >= 4 is 6.08 Å². The summed E-state index contributed by atoms with van der Waals surface area (Å²) in [6.45, 7) is 4.22. The van der Waals surface area contributed by atoms with E-state index in [9.17, 15) is 4.39 Å². The van der Waals surface area contributed by atoms with Crippen LogP contribution in [0.3, 0.4) is 0 Å². The van der Waals surface area contributed by atoms with E-state index in [1.54, 1.807) is 6.07 Å². The molecule has 0 fully saturated rings. The summed E-state index contributed by atoms with van der Waals surface area (Å²) in [6.07, 6.45) is 5.42. The van der Waals surface area contributed by atoms with Gasteiger partial charge in [-0.1, -0.05) is 24.6 Å². The van der Waals surface area contributed by atoms with E-state index < -0.39 is 0 Å². The minimum atomic E-state index is -0.124. The molecule has 2 heteroatoms. The molecule has 0 bridgehead atoms. The highest BCUT2D eigenvalue weighted by Crippen LogP contribution is 2.27. The van der Waals surface area contributed by atoms with Gasteiger partial charge in [-0.3, -0.25) is 0 Å². The van der Waals surface area contributed by atoms with Gasteiger partial charge < -0.3 is 5.32 Å². The van der Waals surface area contributed by atoms with Crippen LogP contribution in [0, 0.1) is 5.82 Å². The van der Waals surface area contributed by atoms with Gasteiger partial charge in [0.05, 0.1) is 0 Å². The van der Waals surface area contributed by atoms with E-state index >= 15 is 0 Å². The van der Waals surface area contributed by atoms with Crippen molar-refractivity contribution in [2.75, 3.05) is 13.1 Å². The first kappa shape index (κ1) is 11.3. The summed E-state index contributed by atoms with van der Waals surface area (Å²) in [5, 5.41) is 3.32. The zero-order valence-electron chi connectivity index (χ0n) is 9.72. The molecule has 0 unspecified atom stereocenters. The highest BCUT2D eigenvalue weighted by atomic mass is 19.1. The number of nitrogens with one attached hydrogen (secondary N) is 1. The fourth-order valence-corrected chi connectivity index (χ4v) is 2.16. The average Bonchev–Trinajstić information content (AvgIpc) is 2.66. The topological polar surface area (TPSA) is 12.0 Å². The number of fused-ring (bicyclic) bond motifs is 1. The summed E-state index contributed by atoms with van der Waals surface area (Å²) >= 11 is 0. The van der Waals surface area contributed by atoms with Crippen molar-refractivity contribution in [2.45, 2.75) is 26.2 Å². The Kier molecular flexibility index (Phi) is 3.73. The molecule has 1 aliphatic carbocycles. The molecule has 0 saturated heterocycles. The van der Waals surface area contributed by atoms with Gasteiger partial charge in [0, 0.05) is 0 Å². The van der Waals surface area contributed by atoms with Crippen LogP contribution < -0.4 is 5.32 Å². The molecular formula is C14H18FN. The molecule has 1 aromatic carbocycles. The summed E-state index contributed by atoms with van der Waals surface area (Å²) in [5.41, 5.74) is 3.76. The lowest BCUT2D eigenvalue weighted by Crippen LogP contribution is -2.13. The first-order valence-corrected chi connectivity index (χ1v) is 5.98. The van der Waals surface area contributed by atoms with Crippen LogP contribution in [0.5, 0.6) is 0 Å². The third-order valence-electron chi connectivity index (χ3n) is 2.98. The Bertz CT molecular complexity index is 396. The number of hydrogen-bond donors (Lipinski definition) is 1.